The molecule has 3 nitrogen and oxygen atoms in total. The fourth-order valence-corrected chi connectivity index (χ4v) is 6.70. The van der Waals surface area contributed by atoms with Crippen LogP contribution >= 0.6 is 0 Å². The molecule has 0 bridgehead atoms. The van der Waals surface area contributed by atoms with Crippen LogP contribution in [0, 0.1) is 11.3 Å². The van der Waals surface area contributed by atoms with E-state index in [0.717, 1.165) is 84.5 Å². The van der Waals surface area contributed by atoms with Crippen molar-refractivity contribution in [3.8, 4) is 0 Å². The van der Waals surface area contributed by atoms with Crippen LogP contribution in [0.2, 0.25) is 0 Å². The van der Waals surface area contributed by atoms with E-state index in [9.17, 15) is 10.2 Å². The highest BCUT2D eigenvalue weighted by Gasteiger charge is 2.39. The maximum Gasteiger partial charge on any atom is 0.106 e. The molecule has 1 fully saturated rings. The maximum atomic E-state index is 12.1. The van der Waals surface area contributed by atoms with Gasteiger partial charge in [-0.15, -0.1) is 0 Å². The summed E-state index contributed by atoms with van der Waals surface area (Å²) >= 11 is 0. The smallest absolute Gasteiger partial charge is 0.106 e. The van der Waals surface area contributed by atoms with E-state index in [4.69, 9.17) is 4.98 Å². The van der Waals surface area contributed by atoms with Gasteiger partial charge in [0.05, 0.1) is 11.8 Å². The third-order valence-corrected chi connectivity index (χ3v) is 9.37. The van der Waals surface area contributed by atoms with Gasteiger partial charge in [0.25, 0.3) is 0 Å². The Kier molecular flexibility index (Phi) is 9.67. The van der Waals surface area contributed by atoms with Gasteiger partial charge in [-0.2, -0.15) is 0 Å². The number of pyridine rings is 1. The first-order chi connectivity index (χ1) is 18.8. The van der Waals surface area contributed by atoms with Gasteiger partial charge in [-0.05, 0) is 84.0 Å². The Labute approximate surface area is 244 Å². The number of hydrogen-bond donors (Lipinski definition) is 2. The highest BCUT2D eigenvalue weighted by molar-refractivity contribution is 5.75. The summed E-state index contributed by atoms with van der Waals surface area (Å²) in [5.74, 6) is 1.27. The summed E-state index contributed by atoms with van der Waals surface area (Å²) < 4.78 is 0. The second-order valence-electron chi connectivity index (χ2n) is 14.9. The fraction of sp³-hybridized carbons (Fsp3) is 0.649. The molecule has 1 aromatic carbocycles. The van der Waals surface area contributed by atoms with Crippen LogP contribution in [-0.2, 0) is 11.8 Å². The Balaban J connectivity index is 0.000000681. The fourth-order valence-electron chi connectivity index (χ4n) is 6.70. The van der Waals surface area contributed by atoms with Crippen LogP contribution in [0.25, 0.3) is 5.57 Å². The molecule has 1 unspecified atom stereocenters. The lowest BCUT2D eigenvalue weighted by Crippen LogP contribution is -2.29. The Hall–Kier alpha value is -1.97. The molecular formula is C37H55NO2. The van der Waals surface area contributed by atoms with Gasteiger partial charge in [-0.1, -0.05) is 105 Å². The molecule has 2 N–H and O–H groups in total. The highest BCUT2D eigenvalue weighted by Crippen LogP contribution is 2.50. The van der Waals surface area contributed by atoms with Gasteiger partial charge in [0.15, 0.2) is 0 Å². The second kappa shape index (κ2) is 12.5. The van der Waals surface area contributed by atoms with Crippen LogP contribution in [0.4, 0.5) is 0 Å². The maximum absolute atomic E-state index is 12.1. The number of allylic oxidation sites excluding steroid dienone is 2. The Morgan fingerprint density at radius 3 is 2.33 bits per heavy atom. The van der Waals surface area contributed by atoms with E-state index in [1.807, 2.05) is 0 Å². The summed E-state index contributed by atoms with van der Waals surface area (Å²) in [6.07, 6.45) is 11.9. The molecule has 3 aliphatic carbocycles. The lowest BCUT2D eigenvalue weighted by Gasteiger charge is -2.38. The summed E-state index contributed by atoms with van der Waals surface area (Å²) in [5.41, 5.74) is 8.78. The normalized spacial score (nSPS) is 21.6. The van der Waals surface area contributed by atoms with E-state index in [1.165, 1.54) is 30.4 Å². The zero-order valence-electron chi connectivity index (χ0n) is 26.6. The van der Waals surface area contributed by atoms with Gasteiger partial charge in [0, 0.05) is 22.7 Å². The molecule has 5 rings (SSSR count). The molecule has 3 aliphatic rings. The van der Waals surface area contributed by atoms with E-state index in [0.29, 0.717) is 5.92 Å². The number of aromatic nitrogens is 1. The molecule has 0 spiro atoms. The minimum absolute atomic E-state index is 0.0106. The number of aliphatic hydroxyl groups is 2. The molecular weight excluding hydrogens is 490 g/mol. The van der Waals surface area contributed by atoms with Crippen LogP contribution in [0.1, 0.15) is 171 Å². The van der Waals surface area contributed by atoms with E-state index in [-0.39, 0.29) is 10.8 Å². The molecule has 3 heteroatoms. The van der Waals surface area contributed by atoms with E-state index < -0.39 is 12.2 Å². The first-order valence-electron chi connectivity index (χ1n) is 16.0. The molecule has 2 aromatic rings. The molecule has 40 heavy (non-hydrogen) atoms. The number of benzene rings is 1. The lowest BCUT2D eigenvalue weighted by atomic mass is 9.71. The Bertz CT molecular complexity index is 1190. The monoisotopic (exact) mass is 545 g/mol. The van der Waals surface area contributed by atoms with Gasteiger partial charge < -0.3 is 10.2 Å². The summed E-state index contributed by atoms with van der Waals surface area (Å²) in [7, 11) is 0. The van der Waals surface area contributed by atoms with Gasteiger partial charge >= 0.3 is 0 Å². The average Bonchev–Trinajstić information content (AvgIpc) is 3.61. The summed E-state index contributed by atoms with van der Waals surface area (Å²) in [4.78, 5) is 5.34. The zero-order chi connectivity index (χ0) is 29.2. The van der Waals surface area contributed by atoms with Crippen LogP contribution in [-0.4, -0.2) is 15.2 Å². The SMILES string of the molecule is CC1(C)Cc2nc(C3CCCC3)c([C@@H](O)c3cccc(C(C)(C)C)c3)c(C3=CCCC3)c2C(O)C1.CCC(C)C. The topological polar surface area (TPSA) is 53.4 Å². The van der Waals surface area contributed by atoms with Crippen LogP contribution < -0.4 is 0 Å². The number of nitrogens with zero attached hydrogens (tertiary/aromatic N) is 1. The van der Waals surface area contributed by atoms with Crippen molar-refractivity contribution in [1.29, 1.82) is 0 Å². The quantitative estimate of drug-likeness (QED) is 0.393. The number of aliphatic hydroxyl groups excluding tert-OH is 2. The Morgan fingerprint density at radius 2 is 1.75 bits per heavy atom. The van der Waals surface area contributed by atoms with Crippen LogP contribution in [0.5, 0.6) is 0 Å². The molecule has 220 valence electrons. The largest absolute Gasteiger partial charge is 0.388 e. The summed E-state index contributed by atoms with van der Waals surface area (Å²) in [6.45, 7) is 17.8. The van der Waals surface area contributed by atoms with Gasteiger partial charge in [-0.25, -0.2) is 0 Å². The molecule has 1 saturated carbocycles. The van der Waals surface area contributed by atoms with Gasteiger partial charge in [0.2, 0.25) is 0 Å². The molecule has 0 radical (unpaired) electrons. The minimum Gasteiger partial charge on any atom is -0.388 e. The van der Waals surface area contributed by atoms with Crippen molar-refractivity contribution in [3.05, 3.63) is 69.5 Å². The summed E-state index contributed by atoms with van der Waals surface area (Å²) in [6, 6.07) is 8.47. The zero-order valence-corrected chi connectivity index (χ0v) is 26.6. The molecule has 0 amide bonds. The predicted octanol–water partition coefficient (Wildman–Crippen LogP) is 9.74. The van der Waals surface area contributed by atoms with Crippen molar-refractivity contribution in [2.75, 3.05) is 0 Å². The number of hydrogen-bond acceptors (Lipinski definition) is 3. The molecule has 1 heterocycles. The van der Waals surface area contributed by atoms with Crippen LogP contribution in [0.15, 0.2) is 30.3 Å². The first kappa shape index (κ1) is 31.0. The number of fused-ring (bicyclic) bond motifs is 1. The van der Waals surface area contributed by atoms with E-state index >= 15 is 0 Å². The van der Waals surface area contributed by atoms with Crippen molar-refractivity contribution >= 4 is 5.57 Å². The number of rotatable bonds is 5. The van der Waals surface area contributed by atoms with Gasteiger partial charge in [0.1, 0.15) is 6.10 Å². The van der Waals surface area contributed by atoms with E-state index in [1.54, 1.807) is 0 Å². The molecule has 2 atom stereocenters. The standard InChI is InChI=1S/C32H43NO2.C5H12/c1-31(2,3)23-16-10-15-22(17-23)30(35)28-26(20-11-6-7-12-20)27-24(18-32(4,5)19-25(27)34)33-29(28)21-13-8-9-14-21;1-4-5(2)3/h10-11,15-17,21,25,30,34-35H,6-9,12-14,18-19H2,1-5H3;5H,4H2,1-3H3/t25?,30-;/m0./s1. The van der Waals surface area contributed by atoms with Crippen molar-refractivity contribution in [3.63, 3.8) is 0 Å². The molecule has 0 saturated heterocycles. The predicted molar refractivity (Wildman–Crippen MR) is 169 cm³/mol. The first-order valence-corrected chi connectivity index (χ1v) is 16.0. The second-order valence-corrected chi connectivity index (χ2v) is 14.9. The lowest BCUT2D eigenvalue weighted by molar-refractivity contribution is 0.0972. The van der Waals surface area contributed by atoms with Crippen molar-refractivity contribution in [1.82, 2.24) is 4.98 Å². The molecule has 0 aliphatic heterocycles. The van der Waals surface area contributed by atoms with Gasteiger partial charge in [-0.3, -0.25) is 4.98 Å². The van der Waals surface area contributed by atoms with Crippen LogP contribution in [0.3, 0.4) is 0 Å². The van der Waals surface area contributed by atoms with Crippen molar-refractivity contribution < 1.29 is 10.2 Å². The third-order valence-electron chi connectivity index (χ3n) is 9.37. The Morgan fingerprint density at radius 1 is 1.07 bits per heavy atom. The van der Waals surface area contributed by atoms with E-state index in [2.05, 4.69) is 85.7 Å². The average molecular weight is 546 g/mol. The highest BCUT2D eigenvalue weighted by atomic mass is 16.3. The third kappa shape index (κ3) is 6.90. The molecule has 1 aromatic heterocycles. The van der Waals surface area contributed by atoms with Crippen molar-refractivity contribution in [2.45, 2.75) is 143 Å². The minimum atomic E-state index is -0.746. The summed E-state index contributed by atoms with van der Waals surface area (Å²) in [5, 5.41) is 23.6. The van der Waals surface area contributed by atoms with Crippen molar-refractivity contribution in [2.24, 2.45) is 11.3 Å².